The summed E-state index contributed by atoms with van der Waals surface area (Å²) in [4.78, 5) is 4.01. The predicted molar refractivity (Wildman–Crippen MR) is 90.7 cm³/mol. The Morgan fingerprint density at radius 2 is 2.05 bits per heavy atom. The van der Waals surface area contributed by atoms with Crippen molar-refractivity contribution in [3.8, 4) is 0 Å². The zero-order chi connectivity index (χ0) is 14.7. The average molecular weight is 321 g/mol. The molecule has 0 radical (unpaired) electrons. The molecule has 2 aromatic rings. The lowest BCUT2D eigenvalue weighted by molar-refractivity contribution is 0.247. The van der Waals surface area contributed by atoms with Gasteiger partial charge in [-0.2, -0.15) is 0 Å². The van der Waals surface area contributed by atoms with E-state index >= 15 is 0 Å². The van der Waals surface area contributed by atoms with Crippen LogP contribution < -0.4 is 5.73 Å². The number of rotatable bonds is 7. The number of benzene rings is 1. The average Bonchev–Trinajstić information content (AvgIpc) is 3.21. The van der Waals surface area contributed by atoms with Crippen molar-refractivity contribution < 1.29 is 0 Å². The van der Waals surface area contributed by atoms with Gasteiger partial charge in [-0.05, 0) is 42.3 Å². The topological polar surface area (TPSA) is 29.3 Å². The molecule has 4 heteroatoms. The second-order valence-electron chi connectivity index (χ2n) is 5.70. The molecule has 1 aromatic carbocycles. The third-order valence-electron chi connectivity index (χ3n) is 4.03. The van der Waals surface area contributed by atoms with Gasteiger partial charge in [0.25, 0.3) is 0 Å². The molecule has 112 valence electrons. The fourth-order valence-electron chi connectivity index (χ4n) is 2.67. The molecule has 1 aromatic heterocycles. The number of nitrogens with two attached hydrogens (primary N) is 1. The van der Waals surface area contributed by atoms with Crippen molar-refractivity contribution in [1.82, 2.24) is 4.90 Å². The van der Waals surface area contributed by atoms with E-state index in [4.69, 9.17) is 17.3 Å². The molecule has 1 fully saturated rings. The molecule has 0 spiro atoms. The van der Waals surface area contributed by atoms with Gasteiger partial charge in [-0.15, -0.1) is 11.3 Å². The lowest BCUT2D eigenvalue weighted by atomic mass is 10.0. The van der Waals surface area contributed by atoms with E-state index in [0.717, 1.165) is 36.1 Å². The molecule has 1 saturated carbocycles. The second-order valence-corrected chi connectivity index (χ2v) is 7.14. The van der Waals surface area contributed by atoms with Crippen LogP contribution in [0.15, 0.2) is 41.8 Å². The lowest BCUT2D eigenvalue weighted by Crippen LogP contribution is -2.29. The highest BCUT2D eigenvalue weighted by Crippen LogP contribution is 2.31. The summed E-state index contributed by atoms with van der Waals surface area (Å²) in [6.45, 7) is 2.09. The first-order chi connectivity index (χ1) is 10.2. The smallest absolute Gasteiger partial charge is 0.0453 e. The molecule has 1 aliphatic rings. The van der Waals surface area contributed by atoms with E-state index in [0.29, 0.717) is 0 Å². The van der Waals surface area contributed by atoms with E-state index < -0.39 is 0 Å². The molecule has 3 rings (SSSR count). The van der Waals surface area contributed by atoms with Crippen molar-refractivity contribution in [2.45, 2.75) is 37.9 Å². The maximum absolute atomic E-state index is 6.33. The Morgan fingerprint density at radius 1 is 1.24 bits per heavy atom. The third kappa shape index (κ3) is 4.07. The van der Waals surface area contributed by atoms with Crippen molar-refractivity contribution >= 4 is 22.9 Å². The molecule has 1 aliphatic carbocycles. The molecule has 2 nitrogen and oxygen atoms in total. The van der Waals surface area contributed by atoms with Crippen LogP contribution in [-0.2, 0) is 6.54 Å². The lowest BCUT2D eigenvalue weighted by Gasteiger charge is -2.23. The van der Waals surface area contributed by atoms with Gasteiger partial charge >= 0.3 is 0 Å². The van der Waals surface area contributed by atoms with Gasteiger partial charge in [-0.25, -0.2) is 0 Å². The summed E-state index contributed by atoms with van der Waals surface area (Å²) in [5.74, 6) is 0. The van der Waals surface area contributed by atoms with Crippen molar-refractivity contribution in [2.75, 3.05) is 6.54 Å². The highest BCUT2D eigenvalue weighted by molar-refractivity contribution is 7.09. The second kappa shape index (κ2) is 6.93. The van der Waals surface area contributed by atoms with E-state index in [-0.39, 0.29) is 6.04 Å². The first-order valence-corrected chi connectivity index (χ1v) is 8.76. The van der Waals surface area contributed by atoms with Crippen LogP contribution in [0, 0.1) is 0 Å². The van der Waals surface area contributed by atoms with Crippen LogP contribution >= 0.6 is 22.9 Å². The number of hydrogen-bond acceptors (Lipinski definition) is 3. The van der Waals surface area contributed by atoms with Gasteiger partial charge in [0.15, 0.2) is 0 Å². The zero-order valence-electron chi connectivity index (χ0n) is 12.0. The molecule has 0 bridgehead atoms. The number of thiophene rings is 1. The Kier molecular flexibility index (Phi) is 4.96. The molecule has 0 aliphatic heterocycles. The van der Waals surface area contributed by atoms with Crippen LogP contribution in [0.1, 0.15) is 35.7 Å². The molecule has 2 N–H and O–H groups in total. The van der Waals surface area contributed by atoms with Gasteiger partial charge in [0.2, 0.25) is 0 Å². The minimum atomic E-state index is 0.0169. The normalized spacial score (nSPS) is 16.3. The van der Waals surface area contributed by atoms with E-state index in [1.807, 2.05) is 35.6 Å². The Bertz CT molecular complexity index is 566. The minimum absolute atomic E-state index is 0.0169. The van der Waals surface area contributed by atoms with Crippen molar-refractivity contribution in [3.63, 3.8) is 0 Å². The summed E-state index contributed by atoms with van der Waals surface area (Å²) in [7, 11) is 0. The maximum atomic E-state index is 6.33. The van der Waals surface area contributed by atoms with Gasteiger partial charge in [0.05, 0.1) is 0 Å². The van der Waals surface area contributed by atoms with Gasteiger partial charge in [0.1, 0.15) is 0 Å². The SMILES string of the molecule is NC(CCN(Cc1cccs1)C1CC1)c1ccccc1Cl. The fraction of sp³-hybridized carbons (Fsp3) is 0.412. The zero-order valence-corrected chi connectivity index (χ0v) is 13.6. The number of nitrogens with zero attached hydrogens (tertiary/aromatic N) is 1. The summed E-state index contributed by atoms with van der Waals surface area (Å²) in [5, 5.41) is 2.93. The van der Waals surface area contributed by atoms with Crippen molar-refractivity contribution in [3.05, 3.63) is 57.2 Å². The molecule has 0 amide bonds. The Morgan fingerprint density at radius 3 is 2.71 bits per heavy atom. The van der Waals surface area contributed by atoms with Crippen LogP contribution in [0.4, 0.5) is 0 Å². The van der Waals surface area contributed by atoms with Crippen LogP contribution in [0.5, 0.6) is 0 Å². The standard InChI is InChI=1S/C17H21ClN2S/c18-16-6-2-1-5-15(16)17(19)9-10-20(13-7-8-13)12-14-4-3-11-21-14/h1-6,11,13,17H,7-10,12,19H2. The quantitative estimate of drug-likeness (QED) is 0.816. The molecule has 21 heavy (non-hydrogen) atoms. The van der Waals surface area contributed by atoms with Gasteiger partial charge < -0.3 is 5.73 Å². The Labute approximate surface area is 135 Å². The van der Waals surface area contributed by atoms with E-state index in [2.05, 4.69) is 22.4 Å². The first-order valence-electron chi connectivity index (χ1n) is 7.50. The maximum Gasteiger partial charge on any atom is 0.0453 e. The largest absolute Gasteiger partial charge is 0.324 e. The first kappa shape index (κ1) is 15.0. The monoisotopic (exact) mass is 320 g/mol. The van der Waals surface area contributed by atoms with E-state index in [1.165, 1.54) is 17.7 Å². The molecule has 1 heterocycles. The Hall–Kier alpha value is -0.870. The van der Waals surface area contributed by atoms with Crippen LogP contribution in [0.3, 0.4) is 0 Å². The molecular weight excluding hydrogens is 300 g/mol. The van der Waals surface area contributed by atoms with E-state index in [1.54, 1.807) is 0 Å². The number of hydrogen-bond donors (Lipinski definition) is 1. The molecule has 0 saturated heterocycles. The van der Waals surface area contributed by atoms with Gasteiger partial charge in [-0.3, -0.25) is 4.90 Å². The summed E-state index contributed by atoms with van der Waals surface area (Å²) >= 11 is 8.07. The van der Waals surface area contributed by atoms with Crippen LogP contribution in [0.2, 0.25) is 5.02 Å². The number of halogens is 1. The van der Waals surface area contributed by atoms with Crippen LogP contribution in [0.25, 0.3) is 0 Å². The van der Waals surface area contributed by atoms with Crippen molar-refractivity contribution in [1.29, 1.82) is 0 Å². The molecule has 1 unspecified atom stereocenters. The highest BCUT2D eigenvalue weighted by atomic mass is 35.5. The van der Waals surface area contributed by atoms with Crippen molar-refractivity contribution in [2.24, 2.45) is 5.73 Å². The summed E-state index contributed by atoms with van der Waals surface area (Å²) < 4.78 is 0. The van der Waals surface area contributed by atoms with E-state index in [9.17, 15) is 0 Å². The Balaban J connectivity index is 1.58. The summed E-state index contributed by atoms with van der Waals surface area (Å²) in [6.07, 6.45) is 3.60. The molecular formula is C17H21ClN2S. The predicted octanol–water partition coefficient (Wildman–Crippen LogP) is 4.46. The van der Waals surface area contributed by atoms with Gasteiger partial charge in [-0.1, -0.05) is 35.9 Å². The summed E-state index contributed by atoms with van der Waals surface area (Å²) in [6, 6.07) is 13.0. The fourth-order valence-corrected chi connectivity index (χ4v) is 3.67. The third-order valence-corrected chi connectivity index (χ3v) is 5.24. The highest BCUT2D eigenvalue weighted by Gasteiger charge is 2.29. The minimum Gasteiger partial charge on any atom is -0.324 e. The molecule has 1 atom stereocenters. The summed E-state index contributed by atoms with van der Waals surface area (Å²) in [5.41, 5.74) is 7.39. The van der Waals surface area contributed by atoms with Crippen LogP contribution in [-0.4, -0.2) is 17.5 Å². The van der Waals surface area contributed by atoms with Gasteiger partial charge in [0, 0.05) is 35.1 Å².